The summed E-state index contributed by atoms with van der Waals surface area (Å²) in [4.78, 5) is 13.6. The van der Waals surface area contributed by atoms with E-state index in [0.717, 1.165) is 23.3 Å². The monoisotopic (exact) mass is 326 g/mol. The van der Waals surface area contributed by atoms with Crippen LogP contribution in [-0.2, 0) is 7.05 Å². The Morgan fingerprint density at radius 3 is 2.70 bits per heavy atom. The van der Waals surface area contributed by atoms with E-state index in [1.54, 1.807) is 17.8 Å². The van der Waals surface area contributed by atoms with Gasteiger partial charge in [-0.2, -0.15) is 13.2 Å². The summed E-state index contributed by atoms with van der Waals surface area (Å²) < 4.78 is 40.2. The summed E-state index contributed by atoms with van der Waals surface area (Å²) in [5.74, 6) is -0.596. The van der Waals surface area contributed by atoms with Gasteiger partial charge in [-0.1, -0.05) is 18.1 Å². The van der Waals surface area contributed by atoms with E-state index in [4.69, 9.17) is 0 Å². The Kier molecular flexibility index (Phi) is 3.99. The van der Waals surface area contributed by atoms with E-state index in [-0.39, 0.29) is 11.6 Å². The van der Waals surface area contributed by atoms with Crippen LogP contribution < -0.4 is 0 Å². The average molecular weight is 326 g/mol. The Morgan fingerprint density at radius 1 is 1.35 bits per heavy atom. The highest BCUT2D eigenvalue weighted by Gasteiger charge is 2.37. The van der Waals surface area contributed by atoms with E-state index in [1.165, 1.54) is 12.1 Å². The molecule has 23 heavy (non-hydrogen) atoms. The highest BCUT2D eigenvalue weighted by molar-refractivity contribution is 5.97. The molecule has 0 atom stereocenters. The molecule has 0 bridgehead atoms. The van der Waals surface area contributed by atoms with Gasteiger partial charge in [-0.3, -0.25) is 4.79 Å². The molecule has 2 aromatic rings. The van der Waals surface area contributed by atoms with E-state index in [0.29, 0.717) is 18.4 Å². The van der Waals surface area contributed by atoms with Crippen LogP contribution >= 0.6 is 0 Å². The molecular weight excluding hydrogens is 309 g/mol. The Bertz CT molecular complexity index is 719. The predicted octanol–water partition coefficient (Wildman–Crippen LogP) is 2.92. The van der Waals surface area contributed by atoms with E-state index in [9.17, 15) is 18.0 Å². The first-order valence-electron chi connectivity index (χ1n) is 7.52. The van der Waals surface area contributed by atoms with Crippen molar-refractivity contribution in [2.45, 2.75) is 37.9 Å². The van der Waals surface area contributed by atoms with Gasteiger partial charge >= 0.3 is 6.18 Å². The highest BCUT2D eigenvalue weighted by atomic mass is 19.4. The lowest BCUT2D eigenvalue weighted by Crippen LogP contribution is -2.44. The van der Waals surface area contributed by atoms with Crippen molar-refractivity contribution in [1.29, 1.82) is 0 Å². The number of carbonyl (C=O) groups excluding carboxylic acids is 1. The maximum Gasteiger partial charge on any atom is 0.406 e. The molecule has 1 heterocycles. The van der Waals surface area contributed by atoms with Crippen LogP contribution in [0.2, 0.25) is 0 Å². The summed E-state index contributed by atoms with van der Waals surface area (Å²) in [5, 5.41) is 7.75. The molecule has 0 saturated heterocycles. The first kappa shape index (κ1) is 15.8. The second-order valence-corrected chi connectivity index (χ2v) is 5.90. The number of alkyl halides is 3. The Balaban J connectivity index is 1.91. The second kappa shape index (κ2) is 5.82. The number of benzene rings is 1. The minimum Gasteiger partial charge on any atom is -0.327 e. The van der Waals surface area contributed by atoms with Gasteiger partial charge in [0.25, 0.3) is 5.91 Å². The normalized spacial score (nSPS) is 16.2. The summed E-state index contributed by atoms with van der Waals surface area (Å²) >= 11 is 0. The minimum absolute atomic E-state index is 0.217. The smallest absolute Gasteiger partial charge is 0.327 e. The van der Waals surface area contributed by atoms with E-state index >= 15 is 0 Å². The van der Waals surface area contributed by atoms with Crippen LogP contribution in [0.1, 0.15) is 36.0 Å². The van der Waals surface area contributed by atoms with Crippen molar-refractivity contribution >= 4 is 16.9 Å². The van der Waals surface area contributed by atoms with Crippen LogP contribution in [0.15, 0.2) is 18.2 Å². The third-order valence-electron chi connectivity index (χ3n) is 4.23. The van der Waals surface area contributed by atoms with Crippen molar-refractivity contribution in [2.24, 2.45) is 7.05 Å². The fraction of sp³-hybridized carbons (Fsp3) is 0.533. The number of hydrogen-bond donors (Lipinski definition) is 0. The molecule has 1 aliphatic rings. The summed E-state index contributed by atoms with van der Waals surface area (Å²) in [6.45, 7) is -1.21. The lowest BCUT2D eigenvalue weighted by Gasteiger charge is -2.30. The fourth-order valence-electron chi connectivity index (χ4n) is 3.12. The van der Waals surface area contributed by atoms with E-state index < -0.39 is 18.6 Å². The van der Waals surface area contributed by atoms with Gasteiger partial charge in [-0.15, -0.1) is 5.10 Å². The van der Waals surface area contributed by atoms with Crippen LogP contribution in [0.5, 0.6) is 0 Å². The number of aryl methyl sites for hydroxylation is 1. The minimum atomic E-state index is -4.41. The predicted molar refractivity (Wildman–Crippen MR) is 77.9 cm³/mol. The van der Waals surface area contributed by atoms with Gasteiger partial charge in [-0.25, -0.2) is 4.68 Å². The molecule has 124 valence electrons. The molecule has 0 aliphatic heterocycles. The summed E-state index contributed by atoms with van der Waals surface area (Å²) in [6, 6.07) is 4.35. The maximum absolute atomic E-state index is 12.9. The zero-order valence-corrected chi connectivity index (χ0v) is 12.7. The number of nitrogens with zero attached hydrogens (tertiary/aromatic N) is 4. The molecule has 1 fully saturated rings. The molecule has 8 heteroatoms. The molecule has 1 aromatic heterocycles. The van der Waals surface area contributed by atoms with Crippen LogP contribution in [0.3, 0.4) is 0 Å². The third-order valence-corrected chi connectivity index (χ3v) is 4.23. The Hall–Kier alpha value is -2.12. The second-order valence-electron chi connectivity index (χ2n) is 5.90. The van der Waals surface area contributed by atoms with E-state index in [1.807, 2.05) is 0 Å². The van der Waals surface area contributed by atoms with E-state index in [2.05, 4.69) is 10.3 Å². The van der Waals surface area contributed by atoms with Gasteiger partial charge in [0.1, 0.15) is 12.1 Å². The van der Waals surface area contributed by atoms with Crippen molar-refractivity contribution in [3.05, 3.63) is 23.8 Å². The topological polar surface area (TPSA) is 51.0 Å². The quantitative estimate of drug-likeness (QED) is 0.871. The van der Waals surface area contributed by atoms with Crippen molar-refractivity contribution in [2.75, 3.05) is 6.54 Å². The highest BCUT2D eigenvalue weighted by Crippen LogP contribution is 2.28. The van der Waals surface area contributed by atoms with Crippen LogP contribution in [0.4, 0.5) is 13.2 Å². The number of aromatic nitrogens is 3. The largest absolute Gasteiger partial charge is 0.406 e. The molecule has 3 rings (SSSR count). The fourth-order valence-corrected chi connectivity index (χ4v) is 3.12. The molecule has 0 radical (unpaired) electrons. The average Bonchev–Trinajstić information content (AvgIpc) is 3.13. The molecule has 0 unspecified atom stereocenters. The first-order chi connectivity index (χ1) is 10.8. The van der Waals surface area contributed by atoms with Crippen molar-refractivity contribution in [3.8, 4) is 0 Å². The van der Waals surface area contributed by atoms with Crippen molar-refractivity contribution < 1.29 is 18.0 Å². The summed E-state index contributed by atoms with van der Waals surface area (Å²) in [5.41, 5.74) is 1.44. The maximum atomic E-state index is 12.9. The third kappa shape index (κ3) is 3.30. The van der Waals surface area contributed by atoms with Gasteiger partial charge in [-0.05, 0) is 31.0 Å². The summed E-state index contributed by atoms with van der Waals surface area (Å²) in [7, 11) is 1.71. The number of rotatable bonds is 3. The van der Waals surface area contributed by atoms with Crippen LogP contribution in [0.25, 0.3) is 11.0 Å². The molecule has 0 N–H and O–H groups in total. The van der Waals surface area contributed by atoms with Crippen molar-refractivity contribution in [1.82, 2.24) is 19.9 Å². The number of hydrogen-bond acceptors (Lipinski definition) is 3. The van der Waals surface area contributed by atoms with Crippen LogP contribution in [-0.4, -0.2) is 44.6 Å². The number of amides is 1. The van der Waals surface area contributed by atoms with Crippen molar-refractivity contribution in [3.63, 3.8) is 0 Å². The number of halogens is 3. The van der Waals surface area contributed by atoms with Gasteiger partial charge < -0.3 is 4.90 Å². The molecule has 0 spiro atoms. The number of fused-ring (bicyclic) bond motifs is 1. The molecule has 1 amide bonds. The lowest BCUT2D eigenvalue weighted by atomic mass is 10.1. The van der Waals surface area contributed by atoms with Gasteiger partial charge in [0.2, 0.25) is 0 Å². The summed E-state index contributed by atoms with van der Waals surface area (Å²) in [6.07, 6.45) is -1.45. The van der Waals surface area contributed by atoms with Crippen LogP contribution in [0, 0.1) is 0 Å². The zero-order valence-electron chi connectivity index (χ0n) is 12.7. The zero-order chi connectivity index (χ0) is 16.6. The standard InChI is InChI=1S/C15H17F3N4O/c1-21-13-7-6-10(8-12(13)19-20-21)14(23)22(9-15(16,17)18)11-4-2-3-5-11/h6-8,11H,2-5,9H2,1H3. The molecule has 5 nitrogen and oxygen atoms in total. The Labute approximate surface area is 131 Å². The van der Waals surface area contributed by atoms with Gasteiger partial charge in [0, 0.05) is 18.7 Å². The van der Waals surface area contributed by atoms with Gasteiger partial charge in [0.15, 0.2) is 0 Å². The molecular formula is C15H17F3N4O. The van der Waals surface area contributed by atoms with Gasteiger partial charge in [0.05, 0.1) is 5.52 Å². The molecule has 1 aliphatic carbocycles. The number of carbonyl (C=O) groups is 1. The molecule has 1 aromatic carbocycles. The molecule has 1 saturated carbocycles. The lowest BCUT2D eigenvalue weighted by molar-refractivity contribution is -0.144. The SMILES string of the molecule is Cn1nnc2cc(C(=O)N(CC(F)(F)F)C3CCCC3)ccc21. The Morgan fingerprint density at radius 2 is 2.04 bits per heavy atom. The first-order valence-corrected chi connectivity index (χ1v) is 7.52.